The summed E-state index contributed by atoms with van der Waals surface area (Å²) in [5, 5.41) is 4.05. The highest BCUT2D eigenvalue weighted by Gasteiger charge is 2.49. The number of carbonyl (C=O) groups is 4. The molecule has 0 spiro atoms. The van der Waals surface area contributed by atoms with Crippen molar-refractivity contribution in [2.45, 2.75) is 37.6 Å². The van der Waals surface area contributed by atoms with Crippen LogP contribution >= 0.6 is 0 Å². The fourth-order valence-electron chi connectivity index (χ4n) is 6.47. The van der Waals surface area contributed by atoms with Crippen LogP contribution in [0.5, 0.6) is 11.5 Å². The van der Waals surface area contributed by atoms with E-state index < -0.39 is 29.8 Å². The molecule has 0 saturated heterocycles. The highest BCUT2D eigenvalue weighted by atomic mass is 16.5. The van der Waals surface area contributed by atoms with E-state index in [1.807, 2.05) is 30.5 Å². The molecule has 2 aliphatic rings. The molecule has 4 amide bonds. The van der Waals surface area contributed by atoms with Crippen molar-refractivity contribution in [3.8, 4) is 11.5 Å². The molecule has 1 aliphatic carbocycles. The number of H-pyrrole nitrogens is 1. The van der Waals surface area contributed by atoms with Gasteiger partial charge in [-0.2, -0.15) is 0 Å². The molecule has 0 radical (unpaired) electrons. The first-order valence-electron chi connectivity index (χ1n) is 14.7. The Hall–Kier alpha value is -5.12. The van der Waals surface area contributed by atoms with Crippen LogP contribution in [0.25, 0.3) is 10.9 Å². The molecule has 6 rings (SSSR count). The van der Waals surface area contributed by atoms with Crippen LogP contribution in [0.15, 0.2) is 72.9 Å². The summed E-state index contributed by atoms with van der Waals surface area (Å²) in [5.74, 6) is -0.821. The summed E-state index contributed by atoms with van der Waals surface area (Å²) in [4.78, 5) is 60.8. The zero-order chi connectivity index (χ0) is 30.8. The van der Waals surface area contributed by atoms with Gasteiger partial charge < -0.3 is 24.7 Å². The quantitative estimate of drug-likeness (QED) is 0.255. The van der Waals surface area contributed by atoms with Gasteiger partial charge in [0.2, 0.25) is 11.8 Å². The number of hydrogen-bond acceptors (Lipinski definition) is 6. The van der Waals surface area contributed by atoms with Gasteiger partial charge in [-0.1, -0.05) is 43.2 Å². The fourth-order valence-corrected chi connectivity index (χ4v) is 6.47. The number of nitrogens with one attached hydrogen (secondary N) is 2. The number of fused-ring (bicyclic) bond motifs is 2. The molecule has 0 atom stereocenters. The molecule has 10 heteroatoms. The van der Waals surface area contributed by atoms with Gasteiger partial charge in [0.05, 0.1) is 31.0 Å². The summed E-state index contributed by atoms with van der Waals surface area (Å²) in [6.45, 7) is -0.238. The van der Waals surface area contributed by atoms with Crippen LogP contribution in [0.1, 0.15) is 52.0 Å². The van der Waals surface area contributed by atoms with Crippen molar-refractivity contribution < 1.29 is 28.7 Å². The SMILES string of the molecule is COc1ccc(NC(=O)C2(N(CCc3c[nH]c4ccccc34)C(=O)CN3C(=O)c4ccccc4C3=O)CCCC2)c(OC)c1. The number of aromatic nitrogens is 1. The second kappa shape index (κ2) is 11.9. The Kier molecular flexibility index (Phi) is 7.82. The number of rotatable bonds is 10. The van der Waals surface area contributed by atoms with Crippen molar-refractivity contribution in [2.75, 3.05) is 32.6 Å². The summed E-state index contributed by atoms with van der Waals surface area (Å²) in [6, 6.07) is 19.6. The Labute approximate surface area is 254 Å². The number of nitrogens with zero attached hydrogens (tertiary/aromatic N) is 2. The van der Waals surface area contributed by atoms with Gasteiger partial charge >= 0.3 is 0 Å². The molecule has 44 heavy (non-hydrogen) atoms. The smallest absolute Gasteiger partial charge is 0.262 e. The summed E-state index contributed by atoms with van der Waals surface area (Å²) in [7, 11) is 3.06. The minimum absolute atomic E-state index is 0.219. The van der Waals surface area contributed by atoms with Crippen molar-refractivity contribution in [3.63, 3.8) is 0 Å². The molecule has 226 valence electrons. The van der Waals surface area contributed by atoms with Crippen molar-refractivity contribution in [1.82, 2.24) is 14.8 Å². The molecular weight excluding hydrogens is 560 g/mol. The Morgan fingerprint density at radius 1 is 0.932 bits per heavy atom. The molecule has 0 bridgehead atoms. The van der Waals surface area contributed by atoms with E-state index in [9.17, 15) is 19.2 Å². The average molecular weight is 595 g/mol. The van der Waals surface area contributed by atoms with Crippen LogP contribution in [0.2, 0.25) is 0 Å². The van der Waals surface area contributed by atoms with Crippen LogP contribution in [0, 0.1) is 0 Å². The number of para-hydroxylation sites is 1. The second-order valence-electron chi connectivity index (χ2n) is 11.2. The number of ether oxygens (including phenoxy) is 2. The Bertz CT molecular complexity index is 1720. The van der Waals surface area contributed by atoms with Gasteiger partial charge in [-0.25, -0.2) is 0 Å². The molecule has 1 aliphatic heterocycles. The lowest BCUT2D eigenvalue weighted by Crippen LogP contribution is -2.60. The lowest BCUT2D eigenvalue weighted by atomic mass is 9.92. The maximum atomic E-state index is 14.3. The second-order valence-corrected chi connectivity index (χ2v) is 11.2. The predicted molar refractivity (Wildman–Crippen MR) is 165 cm³/mol. The zero-order valence-electron chi connectivity index (χ0n) is 24.7. The van der Waals surface area contributed by atoms with Gasteiger partial charge in [0, 0.05) is 29.7 Å². The molecule has 1 aromatic heterocycles. The van der Waals surface area contributed by atoms with Crippen LogP contribution in [-0.2, 0) is 16.0 Å². The maximum Gasteiger partial charge on any atom is 0.262 e. The Balaban J connectivity index is 1.33. The van der Waals surface area contributed by atoms with Gasteiger partial charge in [0.25, 0.3) is 11.8 Å². The molecule has 2 heterocycles. The van der Waals surface area contributed by atoms with Gasteiger partial charge in [-0.05, 0) is 55.2 Å². The predicted octanol–water partition coefficient (Wildman–Crippen LogP) is 4.80. The van der Waals surface area contributed by atoms with Gasteiger partial charge in [0.1, 0.15) is 23.6 Å². The molecule has 0 unspecified atom stereocenters. The maximum absolute atomic E-state index is 14.3. The van der Waals surface area contributed by atoms with Gasteiger partial charge in [-0.3, -0.25) is 24.1 Å². The molecule has 2 N–H and O–H groups in total. The van der Waals surface area contributed by atoms with E-state index in [0.29, 0.717) is 36.4 Å². The minimum atomic E-state index is -1.19. The van der Waals surface area contributed by atoms with Crippen molar-refractivity contribution in [3.05, 3.63) is 89.6 Å². The summed E-state index contributed by atoms with van der Waals surface area (Å²) in [5.41, 5.74) is 1.79. The Morgan fingerprint density at radius 2 is 1.61 bits per heavy atom. The standard InChI is InChI=1S/C34H34N4O6/c1-43-23-13-14-28(29(19-23)44-2)36-33(42)34(16-7-8-17-34)38(18-15-22-20-35-27-12-6-5-9-24(22)27)30(39)21-37-31(40)25-10-3-4-11-26(25)32(37)41/h3-6,9-14,19-20,35H,7-8,15-18,21H2,1-2H3,(H,36,42). The fraction of sp³-hybridized carbons (Fsp3) is 0.294. The highest BCUT2D eigenvalue weighted by Crippen LogP contribution is 2.39. The van der Waals surface area contributed by atoms with Crippen LogP contribution < -0.4 is 14.8 Å². The summed E-state index contributed by atoms with van der Waals surface area (Å²) >= 11 is 0. The lowest BCUT2D eigenvalue weighted by molar-refractivity contribution is -0.145. The first-order chi connectivity index (χ1) is 21.4. The number of hydrogen-bond donors (Lipinski definition) is 2. The van der Waals surface area contributed by atoms with Crippen molar-refractivity contribution in [2.24, 2.45) is 0 Å². The average Bonchev–Trinajstić information content (AvgIpc) is 3.77. The number of aromatic amines is 1. The monoisotopic (exact) mass is 594 g/mol. The first-order valence-corrected chi connectivity index (χ1v) is 14.7. The number of methoxy groups -OCH3 is 2. The van der Waals surface area contributed by atoms with Crippen molar-refractivity contribution in [1.29, 1.82) is 0 Å². The largest absolute Gasteiger partial charge is 0.497 e. The van der Waals surface area contributed by atoms with Crippen LogP contribution in [0.3, 0.4) is 0 Å². The summed E-state index contributed by atoms with van der Waals surface area (Å²) in [6.07, 6.45) is 4.77. The van der Waals surface area contributed by atoms with Crippen LogP contribution in [-0.4, -0.2) is 71.3 Å². The third-order valence-electron chi connectivity index (χ3n) is 8.78. The molecule has 3 aromatic carbocycles. The van der Waals surface area contributed by atoms with E-state index in [2.05, 4.69) is 10.3 Å². The van der Waals surface area contributed by atoms with E-state index in [1.54, 1.807) is 54.5 Å². The molecular formula is C34H34N4O6. The Morgan fingerprint density at radius 3 is 2.30 bits per heavy atom. The van der Waals surface area contributed by atoms with E-state index in [0.717, 1.165) is 34.2 Å². The normalized spacial score (nSPS) is 15.4. The number of benzene rings is 3. The van der Waals surface area contributed by atoms with Crippen LogP contribution in [0.4, 0.5) is 5.69 Å². The van der Waals surface area contributed by atoms with Gasteiger partial charge in [0.15, 0.2) is 0 Å². The molecule has 4 aromatic rings. The third-order valence-corrected chi connectivity index (χ3v) is 8.78. The summed E-state index contributed by atoms with van der Waals surface area (Å²) < 4.78 is 10.8. The van der Waals surface area contributed by atoms with E-state index >= 15 is 0 Å². The van der Waals surface area contributed by atoms with Gasteiger partial charge in [-0.15, -0.1) is 0 Å². The molecule has 10 nitrogen and oxygen atoms in total. The highest BCUT2D eigenvalue weighted by molar-refractivity contribution is 6.22. The van der Waals surface area contributed by atoms with E-state index in [4.69, 9.17) is 9.47 Å². The number of anilines is 1. The molecule has 1 saturated carbocycles. The number of imide groups is 1. The number of carbonyl (C=O) groups excluding carboxylic acids is 4. The topological polar surface area (TPSA) is 121 Å². The lowest BCUT2D eigenvalue weighted by Gasteiger charge is -2.41. The van der Waals surface area contributed by atoms with E-state index in [-0.39, 0.29) is 23.6 Å². The number of amides is 4. The van der Waals surface area contributed by atoms with Crippen molar-refractivity contribution >= 4 is 40.2 Å². The van der Waals surface area contributed by atoms with E-state index in [1.165, 1.54) is 7.11 Å². The minimum Gasteiger partial charge on any atom is -0.497 e. The zero-order valence-corrected chi connectivity index (χ0v) is 24.7. The molecule has 1 fully saturated rings. The first kappa shape index (κ1) is 29.0. The third kappa shape index (κ3) is 5.06.